The summed E-state index contributed by atoms with van der Waals surface area (Å²) >= 11 is 0. The van der Waals surface area contributed by atoms with Crippen molar-refractivity contribution in [1.82, 2.24) is 10.6 Å². The van der Waals surface area contributed by atoms with Crippen LogP contribution < -0.4 is 15.5 Å². The van der Waals surface area contributed by atoms with Crippen LogP contribution >= 0.6 is 24.0 Å². The van der Waals surface area contributed by atoms with Gasteiger partial charge in [-0.05, 0) is 56.2 Å². The van der Waals surface area contributed by atoms with E-state index >= 15 is 0 Å². The molecule has 1 aromatic rings. The summed E-state index contributed by atoms with van der Waals surface area (Å²) in [6, 6.07) is 5.45. The maximum absolute atomic E-state index is 14.4. The van der Waals surface area contributed by atoms with Crippen molar-refractivity contribution in [2.24, 2.45) is 10.4 Å². The summed E-state index contributed by atoms with van der Waals surface area (Å²) in [5.74, 6) is 0.584. The lowest BCUT2D eigenvalue weighted by atomic mass is 9.67. The fourth-order valence-corrected chi connectivity index (χ4v) is 3.67. The van der Waals surface area contributed by atoms with E-state index in [0.717, 1.165) is 44.2 Å². The molecule has 1 saturated carbocycles. The van der Waals surface area contributed by atoms with E-state index < -0.39 is 0 Å². The second-order valence-corrected chi connectivity index (χ2v) is 7.33. The number of guanidine groups is 1. The molecule has 0 spiro atoms. The summed E-state index contributed by atoms with van der Waals surface area (Å²) in [4.78, 5) is 6.32. The maximum Gasteiger partial charge on any atom is 0.191 e. The summed E-state index contributed by atoms with van der Waals surface area (Å²) < 4.78 is 19.7. The molecule has 0 aromatic heterocycles. The highest BCUT2D eigenvalue weighted by molar-refractivity contribution is 14.0. The highest BCUT2D eigenvalue weighted by atomic mass is 127. The van der Waals surface area contributed by atoms with E-state index in [1.54, 1.807) is 20.2 Å². The monoisotopic (exact) mass is 506 g/mol. The van der Waals surface area contributed by atoms with Gasteiger partial charge in [-0.3, -0.25) is 4.99 Å². The Bertz CT molecular complexity index is 618. The number of anilines is 1. The highest BCUT2D eigenvalue weighted by Gasteiger charge is 2.36. The number of hydrogen-bond acceptors (Lipinski definition) is 3. The van der Waals surface area contributed by atoms with Gasteiger partial charge in [-0.15, -0.1) is 24.0 Å². The molecule has 7 heteroatoms. The third-order valence-corrected chi connectivity index (χ3v) is 5.68. The summed E-state index contributed by atoms with van der Waals surface area (Å²) in [5, 5.41) is 6.73. The largest absolute Gasteiger partial charge is 0.385 e. The normalized spacial score (nSPS) is 15.4. The smallest absolute Gasteiger partial charge is 0.191 e. The molecule has 1 fully saturated rings. The lowest BCUT2D eigenvalue weighted by Gasteiger charge is -2.42. The Morgan fingerprint density at radius 3 is 2.46 bits per heavy atom. The number of nitrogens with zero attached hydrogens (tertiary/aromatic N) is 2. The molecule has 0 radical (unpaired) electrons. The zero-order valence-electron chi connectivity index (χ0n) is 17.7. The van der Waals surface area contributed by atoms with Gasteiger partial charge in [0.2, 0.25) is 0 Å². The average molecular weight is 506 g/mol. The number of rotatable bonds is 10. The standard InChI is InChI=1S/C21H35FN4O.HI/c1-5-26(6-2)19-9-8-17(14-18(19)22)15-24-20(23-3)25-16-21(10-7-11-21)12-13-27-4;/h8-9,14H,5-7,10-13,15-16H2,1-4H3,(H2,23,24,25);1H. The van der Waals surface area contributed by atoms with Crippen LogP contribution in [0.1, 0.15) is 45.1 Å². The van der Waals surface area contributed by atoms with Gasteiger partial charge in [0.25, 0.3) is 0 Å². The predicted molar refractivity (Wildman–Crippen MR) is 126 cm³/mol. The predicted octanol–water partition coefficient (Wildman–Crippen LogP) is 4.16. The number of aliphatic imine (C=N–C) groups is 1. The molecule has 2 N–H and O–H groups in total. The molecule has 0 amide bonds. The van der Waals surface area contributed by atoms with Gasteiger partial charge in [0.05, 0.1) is 5.69 Å². The van der Waals surface area contributed by atoms with Gasteiger partial charge in [0.15, 0.2) is 5.96 Å². The van der Waals surface area contributed by atoms with Gasteiger partial charge in [0, 0.05) is 46.9 Å². The van der Waals surface area contributed by atoms with Gasteiger partial charge in [-0.1, -0.05) is 12.5 Å². The van der Waals surface area contributed by atoms with Crippen LogP contribution in [0, 0.1) is 11.2 Å². The van der Waals surface area contributed by atoms with E-state index in [1.165, 1.54) is 19.3 Å². The van der Waals surface area contributed by atoms with Crippen molar-refractivity contribution in [2.75, 3.05) is 45.3 Å². The molecule has 0 unspecified atom stereocenters. The van der Waals surface area contributed by atoms with Crippen molar-refractivity contribution in [2.45, 2.75) is 46.1 Å². The molecule has 5 nitrogen and oxygen atoms in total. The number of nitrogens with one attached hydrogen (secondary N) is 2. The molecule has 1 aliphatic rings. The molecule has 0 atom stereocenters. The van der Waals surface area contributed by atoms with Crippen molar-refractivity contribution in [1.29, 1.82) is 0 Å². The average Bonchev–Trinajstić information content (AvgIpc) is 2.65. The third kappa shape index (κ3) is 6.76. The van der Waals surface area contributed by atoms with Gasteiger partial charge in [-0.25, -0.2) is 4.39 Å². The van der Waals surface area contributed by atoms with Crippen LogP contribution in [0.3, 0.4) is 0 Å². The molecule has 0 heterocycles. The van der Waals surface area contributed by atoms with Gasteiger partial charge < -0.3 is 20.3 Å². The first kappa shape index (κ1) is 24.9. The molecule has 28 heavy (non-hydrogen) atoms. The highest BCUT2D eigenvalue weighted by Crippen LogP contribution is 2.43. The first-order valence-corrected chi connectivity index (χ1v) is 10.0. The van der Waals surface area contributed by atoms with E-state index in [2.05, 4.69) is 15.6 Å². The minimum atomic E-state index is -0.172. The minimum Gasteiger partial charge on any atom is -0.385 e. The van der Waals surface area contributed by atoms with E-state index in [9.17, 15) is 4.39 Å². The van der Waals surface area contributed by atoms with Gasteiger partial charge in [0.1, 0.15) is 5.82 Å². The summed E-state index contributed by atoms with van der Waals surface area (Å²) in [5.41, 5.74) is 1.89. The zero-order chi connectivity index (χ0) is 19.7. The number of benzene rings is 1. The third-order valence-electron chi connectivity index (χ3n) is 5.68. The second kappa shape index (κ2) is 12.5. The van der Waals surface area contributed by atoms with Crippen LogP contribution in [-0.2, 0) is 11.3 Å². The Labute approximate surface area is 186 Å². The minimum absolute atomic E-state index is 0. The van der Waals surface area contributed by atoms with Gasteiger partial charge in [-0.2, -0.15) is 0 Å². The Hall–Kier alpha value is -1.09. The summed E-state index contributed by atoms with van der Waals surface area (Å²) in [6.45, 7) is 7.90. The lowest BCUT2D eigenvalue weighted by Crippen LogP contribution is -2.46. The maximum atomic E-state index is 14.4. The first-order chi connectivity index (χ1) is 13.1. The molecule has 2 rings (SSSR count). The Balaban J connectivity index is 0.00000392. The fourth-order valence-electron chi connectivity index (χ4n) is 3.67. The van der Waals surface area contributed by atoms with Crippen LogP contribution in [0.5, 0.6) is 0 Å². The Kier molecular flexibility index (Phi) is 11.1. The number of ether oxygens (including phenoxy) is 1. The molecule has 1 aromatic carbocycles. The zero-order valence-corrected chi connectivity index (χ0v) is 20.0. The van der Waals surface area contributed by atoms with E-state index in [-0.39, 0.29) is 29.8 Å². The van der Waals surface area contributed by atoms with E-state index in [1.807, 2.05) is 30.9 Å². The summed E-state index contributed by atoms with van der Waals surface area (Å²) in [7, 11) is 3.52. The Morgan fingerprint density at radius 1 is 1.25 bits per heavy atom. The van der Waals surface area contributed by atoms with Gasteiger partial charge >= 0.3 is 0 Å². The SMILES string of the molecule is CCN(CC)c1ccc(CNC(=NC)NCC2(CCOC)CCC2)cc1F.I. The first-order valence-electron chi connectivity index (χ1n) is 10.0. The molecular weight excluding hydrogens is 470 g/mol. The number of hydrogen-bond donors (Lipinski definition) is 2. The van der Waals surface area contributed by atoms with Crippen LogP contribution in [0.2, 0.25) is 0 Å². The fraction of sp³-hybridized carbons (Fsp3) is 0.667. The topological polar surface area (TPSA) is 48.9 Å². The van der Waals surface area contributed by atoms with Crippen LogP contribution in [0.25, 0.3) is 0 Å². The number of methoxy groups -OCH3 is 1. The van der Waals surface area contributed by atoms with Crippen molar-refractivity contribution in [3.63, 3.8) is 0 Å². The van der Waals surface area contributed by atoms with Crippen molar-refractivity contribution in [3.05, 3.63) is 29.6 Å². The molecule has 0 aliphatic heterocycles. The lowest BCUT2D eigenvalue weighted by molar-refractivity contribution is 0.0732. The van der Waals surface area contributed by atoms with Crippen molar-refractivity contribution < 1.29 is 9.13 Å². The van der Waals surface area contributed by atoms with Crippen molar-refractivity contribution >= 4 is 35.6 Å². The van der Waals surface area contributed by atoms with Crippen LogP contribution in [0.4, 0.5) is 10.1 Å². The van der Waals surface area contributed by atoms with E-state index in [0.29, 0.717) is 17.6 Å². The van der Waals surface area contributed by atoms with Crippen molar-refractivity contribution in [3.8, 4) is 0 Å². The quantitative estimate of drug-likeness (QED) is 0.284. The summed E-state index contributed by atoms with van der Waals surface area (Å²) in [6.07, 6.45) is 4.83. The Morgan fingerprint density at radius 2 is 1.96 bits per heavy atom. The molecule has 160 valence electrons. The molecular formula is C21H36FIN4O. The molecule has 0 saturated heterocycles. The molecule has 0 bridgehead atoms. The van der Waals surface area contributed by atoms with E-state index in [4.69, 9.17) is 4.74 Å². The molecule has 1 aliphatic carbocycles. The van der Waals surface area contributed by atoms with Crippen LogP contribution in [-0.4, -0.2) is 46.4 Å². The van der Waals surface area contributed by atoms with Crippen LogP contribution in [0.15, 0.2) is 23.2 Å². The number of halogens is 2. The second-order valence-electron chi connectivity index (χ2n) is 7.33.